The number of hydrogen-bond acceptors (Lipinski definition) is 4. The van der Waals surface area contributed by atoms with Crippen LogP contribution in [-0.2, 0) is 26.7 Å². The molecule has 4 rings (SSSR count). The zero-order valence-corrected chi connectivity index (χ0v) is 23.5. The molecule has 2 aromatic rings. The van der Waals surface area contributed by atoms with E-state index in [4.69, 9.17) is 4.74 Å². The first-order valence-corrected chi connectivity index (χ1v) is 13.5. The largest absolute Gasteiger partial charge is 0.461 e. The van der Waals surface area contributed by atoms with E-state index in [9.17, 15) is 45.1 Å². The van der Waals surface area contributed by atoms with Gasteiger partial charge in [0, 0.05) is 32.9 Å². The van der Waals surface area contributed by atoms with E-state index in [1.165, 1.54) is 37.1 Å². The van der Waals surface area contributed by atoms with E-state index in [1.54, 1.807) is 6.92 Å². The molecule has 0 radical (unpaired) electrons. The van der Waals surface area contributed by atoms with E-state index in [0.29, 0.717) is 23.3 Å². The van der Waals surface area contributed by atoms with Crippen molar-refractivity contribution in [3.63, 3.8) is 0 Å². The van der Waals surface area contributed by atoms with Gasteiger partial charge in [0.2, 0.25) is 5.91 Å². The second-order valence-electron chi connectivity index (χ2n) is 10.9. The number of esters is 1. The molecule has 7 nitrogen and oxygen atoms in total. The van der Waals surface area contributed by atoms with Crippen molar-refractivity contribution in [3.8, 4) is 0 Å². The molecule has 2 aromatic carbocycles. The molecule has 2 fully saturated rings. The van der Waals surface area contributed by atoms with E-state index < -0.39 is 65.5 Å². The number of urea groups is 1. The van der Waals surface area contributed by atoms with Crippen LogP contribution in [0.1, 0.15) is 72.5 Å². The Bertz CT molecular complexity index is 1360. The first-order chi connectivity index (χ1) is 20.0. The van der Waals surface area contributed by atoms with Gasteiger partial charge >= 0.3 is 24.4 Å². The van der Waals surface area contributed by atoms with Crippen LogP contribution in [0.25, 0.3) is 0 Å². The van der Waals surface area contributed by atoms with Crippen LogP contribution < -0.4 is 5.32 Å². The van der Waals surface area contributed by atoms with E-state index in [-0.39, 0.29) is 49.8 Å². The number of ether oxygens (including phenoxy) is 1. The minimum Gasteiger partial charge on any atom is -0.461 e. The van der Waals surface area contributed by atoms with Gasteiger partial charge in [0.1, 0.15) is 18.0 Å². The molecule has 234 valence electrons. The third kappa shape index (κ3) is 7.21. The summed E-state index contributed by atoms with van der Waals surface area (Å²) in [7, 11) is 1.27. The monoisotopic (exact) mass is 617 g/mol. The standard InChI is InChI=1S/C29H30F7N3O4/c1-15-10-20(30)4-5-22(15)24-14-21(43-26(41)23-6-7-25(40)37-23)8-9-39(24)27(42)38(3)16(2)17-11-18(28(31,32)33)13-19(12-17)29(34,35)36/h4-5,10-13,16,21,23-24H,6-9,14H2,1-3H3,(H,37,40)/t16-,21-,23?,24+/m0/s1. The van der Waals surface area contributed by atoms with Crippen molar-refractivity contribution in [1.29, 1.82) is 0 Å². The fourth-order valence-electron chi connectivity index (χ4n) is 5.43. The minimum atomic E-state index is -5.05. The van der Waals surface area contributed by atoms with Crippen molar-refractivity contribution < 1.29 is 49.9 Å². The summed E-state index contributed by atoms with van der Waals surface area (Å²) in [4.78, 5) is 40.4. The Morgan fingerprint density at radius 3 is 2.19 bits per heavy atom. The van der Waals surface area contributed by atoms with Crippen molar-refractivity contribution in [2.75, 3.05) is 13.6 Å². The summed E-state index contributed by atoms with van der Waals surface area (Å²) in [6.07, 6.45) is -10.0. The number of piperidine rings is 1. The molecule has 0 aliphatic carbocycles. The predicted octanol–water partition coefficient (Wildman–Crippen LogP) is 6.31. The number of rotatable bonds is 5. The van der Waals surface area contributed by atoms with Crippen LogP contribution in [0.4, 0.5) is 35.5 Å². The van der Waals surface area contributed by atoms with E-state index in [0.717, 1.165) is 4.90 Å². The lowest BCUT2D eigenvalue weighted by atomic mass is 9.90. The first-order valence-electron chi connectivity index (χ1n) is 13.5. The Morgan fingerprint density at radius 1 is 1.02 bits per heavy atom. The zero-order chi connectivity index (χ0) is 31.9. The van der Waals surface area contributed by atoms with Gasteiger partial charge in [-0.1, -0.05) is 6.07 Å². The van der Waals surface area contributed by atoms with Crippen LogP contribution in [0.5, 0.6) is 0 Å². The molecule has 4 atom stereocenters. The number of carbonyl (C=O) groups is 3. The average Bonchev–Trinajstić information content (AvgIpc) is 3.37. The third-order valence-electron chi connectivity index (χ3n) is 7.93. The molecule has 14 heteroatoms. The quantitative estimate of drug-likeness (QED) is 0.315. The number of likely N-dealkylation sites (tertiary alicyclic amines) is 1. The lowest BCUT2D eigenvalue weighted by Crippen LogP contribution is -2.49. The van der Waals surface area contributed by atoms with Gasteiger partial charge in [-0.15, -0.1) is 0 Å². The fraction of sp³-hybridized carbons (Fsp3) is 0.483. The maximum Gasteiger partial charge on any atom is 0.416 e. The van der Waals surface area contributed by atoms with Gasteiger partial charge in [-0.2, -0.15) is 26.3 Å². The highest BCUT2D eigenvalue weighted by atomic mass is 19.4. The number of hydrogen-bond donors (Lipinski definition) is 1. The number of carbonyl (C=O) groups excluding carboxylic acids is 3. The second kappa shape index (κ2) is 12.0. The minimum absolute atomic E-state index is 0.0166. The van der Waals surface area contributed by atoms with Crippen molar-refractivity contribution in [1.82, 2.24) is 15.1 Å². The van der Waals surface area contributed by atoms with Crippen LogP contribution in [0.2, 0.25) is 0 Å². The van der Waals surface area contributed by atoms with Crippen molar-refractivity contribution in [2.24, 2.45) is 0 Å². The average molecular weight is 618 g/mol. The van der Waals surface area contributed by atoms with Gasteiger partial charge in [0.05, 0.1) is 23.2 Å². The van der Waals surface area contributed by atoms with Crippen LogP contribution in [0.3, 0.4) is 0 Å². The first kappa shape index (κ1) is 32.1. The maximum atomic E-state index is 13.9. The zero-order valence-electron chi connectivity index (χ0n) is 23.5. The smallest absolute Gasteiger partial charge is 0.416 e. The molecule has 2 aliphatic rings. The molecule has 2 saturated heterocycles. The summed E-state index contributed by atoms with van der Waals surface area (Å²) in [5.74, 6) is -1.42. The number of amides is 3. The highest BCUT2D eigenvalue weighted by Crippen LogP contribution is 2.40. The van der Waals surface area contributed by atoms with Gasteiger partial charge in [-0.25, -0.2) is 14.0 Å². The predicted molar refractivity (Wildman–Crippen MR) is 139 cm³/mol. The van der Waals surface area contributed by atoms with Gasteiger partial charge < -0.3 is 19.9 Å². The third-order valence-corrected chi connectivity index (χ3v) is 7.93. The molecule has 0 aromatic heterocycles. The number of nitrogens with one attached hydrogen (secondary N) is 1. The van der Waals surface area contributed by atoms with Crippen LogP contribution in [0, 0.1) is 12.7 Å². The van der Waals surface area contributed by atoms with Gasteiger partial charge in [-0.05, 0) is 67.3 Å². The van der Waals surface area contributed by atoms with Crippen molar-refractivity contribution in [2.45, 2.75) is 76.1 Å². The molecule has 2 heterocycles. The van der Waals surface area contributed by atoms with Crippen LogP contribution >= 0.6 is 0 Å². The lowest BCUT2D eigenvalue weighted by molar-refractivity contribution is -0.154. The second-order valence-corrected chi connectivity index (χ2v) is 10.9. The number of benzene rings is 2. The van der Waals surface area contributed by atoms with Crippen molar-refractivity contribution >= 4 is 17.9 Å². The highest BCUT2D eigenvalue weighted by molar-refractivity contribution is 5.88. The summed E-state index contributed by atoms with van der Waals surface area (Å²) < 4.78 is 100. The molecule has 1 unspecified atom stereocenters. The summed E-state index contributed by atoms with van der Waals surface area (Å²) in [5.41, 5.74) is -2.34. The Labute approximate surface area is 243 Å². The van der Waals surface area contributed by atoms with Gasteiger partial charge in [0.15, 0.2) is 0 Å². The molecule has 2 aliphatic heterocycles. The summed E-state index contributed by atoms with van der Waals surface area (Å²) in [6, 6.07) is 1.67. The summed E-state index contributed by atoms with van der Waals surface area (Å²) >= 11 is 0. The molecule has 0 saturated carbocycles. The van der Waals surface area contributed by atoms with Gasteiger partial charge in [0.25, 0.3) is 0 Å². The van der Waals surface area contributed by atoms with E-state index in [2.05, 4.69) is 5.32 Å². The normalized spacial score (nSPS) is 21.8. The fourth-order valence-corrected chi connectivity index (χ4v) is 5.43. The molecule has 1 N–H and O–H groups in total. The number of nitrogens with zero attached hydrogens (tertiary/aromatic N) is 2. The lowest BCUT2D eigenvalue weighted by Gasteiger charge is -2.42. The highest BCUT2D eigenvalue weighted by Gasteiger charge is 2.41. The van der Waals surface area contributed by atoms with Crippen LogP contribution in [0.15, 0.2) is 36.4 Å². The number of aryl methyl sites for hydroxylation is 1. The van der Waals surface area contributed by atoms with E-state index in [1.807, 2.05) is 0 Å². The molecular formula is C29H30F7N3O4. The Balaban J connectivity index is 1.61. The molecular weight excluding hydrogens is 587 g/mol. The molecule has 43 heavy (non-hydrogen) atoms. The Kier molecular flexibility index (Phi) is 8.98. The van der Waals surface area contributed by atoms with Gasteiger partial charge in [-0.3, -0.25) is 4.79 Å². The topological polar surface area (TPSA) is 79.0 Å². The maximum absolute atomic E-state index is 13.9. The SMILES string of the molecule is Cc1cc(F)ccc1[C@H]1C[C@@H](OC(=O)C2CCC(=O)N2)CCN1C(=O)N(C)[C@@H](C)c1cc(C(F)(F)F)cc(C(F)(F)F)c1. The van der Waals surface area contributed by atoms with Crippen LogP contribution in [-0.4, -0.2) is 53.4 Å². The number of alkyl halides is 6. The van der Waals surface area contributed by atoms with Crippen molar-refractivity contribution in [3.05, 3.63) is 70.0 Å². The Morgan fingerprint density at radius 2 is 1.65 bits per heavy atom. The number of halogens is 7. The molecule has 3 amide bonds. The Hall–Kier alpha value is -3.84. The summed E-state index contributed by atoms with van der Waals surface area (Å²) in [6.45, 7) is 2.96. The molecule has 0 spiro atoms. The van der Waals surface area contributed by atoms with E-state index >= 15 is 0 Å². The summed E-state index contributed by atoms with van der Waals surface area (Å²) in [5, 5.41) is 2.53. The molecule has 0 bridgehead atoms.